The molecule has 4 N–H and O–H groups in total. The molecule has 3 fully saturated rings. The number of nitrogen functional groups attached to an aromatic ring is 2. The van der Waals surface area contributed by atoms with Crippen molar-refractivity contribution in [1.82, 2.24) is 0 Å². The Bertz CT molecular complexity index is 1110. The summed E-state index contributed by atoms with van der Waals surface area (Å²) in [5.74, 6) is 1.90. The van der Waals surface area contributed by atoms with E-state index in [1.165, 1.54) is 31.3 Å². The van der Waals surface area contributed by atoms with Crippen LogP contribution in [0.15, 0.2) is 29.8 Å². The zero-order valence-corrected chi connectivity index (χ0v) is 24.5. The van der Waals surface area contributed by atoms with Gasteiger partial charge in [0, 0.05) is 16.8 Å². The van der Waals surface area contributed by atoms with Crippen LogP contribution >= 0.6 is 0 Å². The van der Waals surface area contributed by atoms with Gasteiger partial charge in [0.15, 0.2) is 0 Å². The smallest absolute Gasteiger partial charge is 0.338 e. The number of allylic oxidation sites excluding steroid dienone is 1. The molecule has 1 aromatic carbocycles. The van der Waals surface area contributed by atoms with E-state index < -0.39 is 0 Å². The summed E-state index contributed by atoms with van der Waals surface area (Å²) in [7, 11) is 0. The number of esters is 1. The quantitative estimate of drug-likeness (QED) is 0.242. The van der Waals surface area contributed by atoms with E-state index in [1.807, 2.05) is 0 Å². The highest BCUT2D eigenvalue weighted by Crippen LogP contribution is 2.74. The third-order valence-electron chi connectivity index (χ3n) is 12.2. The van der Waals surface area contributed by atoms with Crippen LogP contribution in [0.2, 0.25) is 0 Å². The molecule has 4 aliphatic carbocycles. The van der Waals surface area contributed by atoms with Crippen molar-refractivity contribution in [2.75, 3.05) is 11.5 Å². The molecule has 0 saturated heterocycles. The van der Waals surface area contributed by atoms with Crippen LogP contribution < -0.4 is 11.5 Å². The number of hydrogen-bond donors (Lipinski definition) is 2. The first kappa shape index (κ1) is 26.6. The van der Waals surface area contributed by atoms with Crippen molar-refractivity contribution in [1.29, 1.82) is 0 Å². The molecule has 4 heteroatoms. The summed E-state index contributed by atoms with van der Waals surface area (Å²) in [6.45, 7) is 19.8. The molecule has 0 radical (unpaired) electrons. The topological polar surface area (TPSA) is 78.3 Å². The average Bonchev–Trinajstić information content (AvgIpc) is 3.06. The largest absolute Gasteiger partial charge is 0.458 e. The fourth-order valence-corrected chi connectivity index (χ4v) is 10.4. The monoisotopic (exact) mass is 506 g/mol. The molecule has 0 aliphatic heterocycles. The van der Waals surface area contributed by atoms with Gasteiger partial charge in [-0.15, -0.1) is 0 Å². The van der Waals surface area contributed by atoms with Gasteiger partial charge in [0.2, 0.25) is 0 Å². The van der Waals surface area contributed by atoms with Gasteiger partial charge in [-0.05, 0) is 103 Å². The highest BCUT2D eigenvalue weighted by molar-refractivity contribution is 5.92. The van der Waals surface area contributed by atoms with E-state index >= 15 is 0 Å². The molecule has 5 rings (SSSR count). The van der Waals surface area contributed by atoms with E-state index in [-0.39, 0.29) is 22.9 Å². The lowest BCUT2D eigenvalue weighted by Gasteiger charge is -2.65. The van der Waals surface area contributed by atoms with Gasteiger partial charge in [-0.3, -0.25) is 0 Å². The van der Waals surface area contributed by atoms with Crippen LogP contribution in [0.1, 0.15) is 111 Å². The molecule has 0 aromatic heterocycles. The van der Waals surface area contributed by atoms with Crippen molar-refractivity contribution in [2.45, 2.75) is 106 Å². The number of anilines is 2. The molecule has 0 spiro atoms. The Kier molecular flexibility index (Phi) is 5.95. The lowest BCUT2D eigenvalue weighted by Crippen LogP contribution is -2.58. The van der Waals surface area contributed by atoms with E-state index in [0.717, 1.165) is 31.1 Å². The molecule has 0 heterocycles. The predicted octanol–water partition coefficient (Wildman–Crippen LogP) is 8.03. The Morgan fingerprint density at radius 2 is 1.49 bits per heavy atom. The lowest BCUT2D eigenvalue weighted by atomic mass is 9.40. The van der Waals surface area contributed by atoms with Crippen LogP contribution in [0.5, 0.6) is 0 Å². The van der Waals surface area contributed by atoms with E-state index in [0.29, 0.717) is 39.1 Å². The number of hydrogen-bond acceptors (Lipinski definition) is 4. The van der Waals surface area contributed by atoms with Crippen LogP contribution in [-0.2, 0) is 4.74 Å². The predicted molar refractivity (Wildman–Crippen MR) is 153 cm³/mol. The molecule has 204 valence electrons. The normalized spacial score (nSPS) is 40.7. The fourth-order valence-electron chi connectivity index (χ4n) is 10.4. The number of carbonyl (C=O) groups excluding carboxylic acids is 1. The van der Waals surface area contributed by atoms with Gasteiger partial charge < -0.3 is 16.2 Å². The Hall–Kier alpha value is -1.97. The third kappa shape index (κ3) is 3.79. The van der Waals surface area contributed by atoms with Crippen molar-refractivity contribution >= 4 is 17.3 Å². The molecule has 3 saturated carbocycles. The van der Waals surface area contributed by atoms with Gasteiger partial charge >= 0.3 is 5.97 Å². The molecule has 4 nitrogen and oxygen atoms in total. The number of carbonyl (C=O) groups is 1. The highest BCUT2D eigenvalue weighted by Gasteiger charge is 2.67. The number of benzene rings is 1. The average molecular weight is 507 g/mol. The maximum Gasteiger partial charge on any atom is 0.338 e. The Morgan fingerprint density at radius 3 is 2.11 bits per heavy atom. The SMILES string of the molecule is CC(C)(C)C1CCC2(C)C3CC=C4C(C)(C)C(OC(=O)c5cc(N)cc(N)c5)CCC4(C)C3CCC12C. The van der Waals surface area contributed by atoms with E-state index in [2.05, 4.69) is 61.5 Å². The molecule has 7 unspecified atom stereocenters. The van der Waals surface area contributed by atoms with Crippen molar-refractivity contribution in [2.24, 2.45) is 44.8 Å². The fraction of sp³-hybridized carbons (Fsp3) is 0.727. The molecule has 0 bridgehead atoms. The van der Waals surface area contributed by atoms with Gasteiger partial charge in [0.05, 0.1) is 5.56 Å². The van der Waals surface area contributed by atoms with Crippen LogP contribution in [0.25, 0.3) is 0 Å². The van der Waals surface area contributed by atoms with Gasteiger partial charge in [-0.25, -0.2) is 4.79 Å². The summed E-state index contributed by atoms with van der Waals surface area (Å²) in [6.07, 6.45) is 11.0. The molecular formula is C33H50N2O2. The molecule has 0 amide bonds. The number of fused-ring (bicyclic) bond motifs is 5. The lowest BCUT2D eigenvalue weighted by molar-refractivity contribution is -0.130. The minimum atomic E-state index is -0.324. The van der Waals surface area contributed by atoms with Gasteiger partial charge in [0.1, 0.15) is 6.10 Å². The molecule has 1 aromatic rings. The van der Waals surface area contributed by atoms with Crippen molar-refractivity contribution in [3.05, 3.63) is 35.4 Å². The second kappa shape index (κ2) is 8.26. The highest BCUT2D eigenvalue weighted by atomic mass is 16.5. The summed E-state index contributed by atoms with van der Waals surface area (Å²) in [5, 5.41) is 0. The van der Waals surface area contributed by atoms with Crippen LogP contribution in [0.3, 0.4) is 0 Å². The minimum Gasteiger partial charge on any atom is -0.458 e. The second-order valence-corrected chi connectivity index (χ2v) is 15.4. The first-order chi connectivity index (χ1) is 17.0. The first-order valence-corrected chi connectivity index (χ1v) is 14.6. The van der Waals surface area contributed by atoms with Gasteiger partial charge in [0.25, 0.3) is 0 Å². The van der Waals surface area contributed by atoms with E-state index in [9.17, 15) is 4.79 Å². The zero-order chi connectivity index (χ0) is 27.2. The van der Waals surface area contributed by atoms with E-state index in [1.54, 1.807) is 18.2 Å². The molecular weight excluding hydrogens is 456 g/mol. The Labute approximate surface area is 225 Å². The van der Waals surface area contributed by atoms with Gasteiger partial charge in [-0.2, -0.15) is 0 Å². The molecule has 7 atom stereocenters. The van der Waals surface area contributed by atoms with Crippen molar-refractivity contribution in [3.8, 4) is 0 Å². The molecule has 37 heavy (non-hydrogen) atoms. The number of ether oxygens (including phenoxy) is 1. The summed E-state index contributed by atoms with van der Waals surface area (Å²) >= 11 is 0. The summed E-state index contributed by atoms with van der Waals surface area (Å²) in [5.41, 5.74) is 15.9. The molecule has 4 aliphatic rings. The third-order valence-corrected chi connectivity index (χ3v) is 12.2. The van der Waals surface area contributed by atoms with Gasteiger partial charge in [-0.1, -0.05) is 67.0 Å². The Balaban J connectivity index is 1.43. The summed E-state index contributed by atoms with van der Waals surface area (Å²) < 4.78 is 6.20. The maximum atomic E-state index is 13.1. The summed E-state index contributed by atoms with van der Waals surface area (Å²) in [4.78, 5) is 13.1. The van der Waals surface area contributed by atoms with E-state index in [4.69, 9.17) is 16.2 Å². The van der Waals surface area contributed by atoms with Crippen molar-refractivity contribution in [3.63, 3.8) is 0 Å². The van der Waals surface area contributed by atoms with Crippen LogP contribution in [0, 0.1) is 44.8 Å². The minimum absolute atomic E-state index is 0.153. The standard InChI is InChI=1S/C33H50N2O2/c1-29(2,3)25-12-16-32(7)24-9-10-26-30(4,5)27(37-28(36)20-17-21(34)19-22(35)18-20)13-14-31(26,6)23(24)11-15-33(25,32)8/h10,17-19,23-25,27H,9,11-16,34-35H2,1-8H3. The number of rotatable bonds is 2. The number of nitrogens with two attached hydrogens (primary N) is 2. The van der Waals surface area contributed by atoms with Crippen LogP contribution in [0.4, 0.5) is 11.4 Å². The maximum absolute atomic E-state index is 13.1. The van der Waals surface area contributed by atoms with Crippen LogP contribution in [-0.4, -0.2) is 12.1 Å². The summed E-state index contributed by atoms with van der Waals surface area (Å²) in [6, 6.07) is 4.99. The Morgan fingerprint density at radius 1 is 0.865 bits per heavy atom. The van der Waals surface area contributed by atoms with Crippen molar-refractivity contribution < 1.29 is 9.53 Å². The second-order valence-electron chi connectivity index (χ2n) is 15.4. The zero-order valence-electron chi connectivity index (χ0n) is 24.5. The first-order valence-electron chi connectivity index (χ1n) is 14.6.